The molecule has 24 heteroatoms. The summed E-state index contributed by atoms with van der Waals surface area (Å²) < 4.78 is 278. The summed E-state index contributed by atoms with van der Waals surface area (Å²) in [7, 11) is -7.51. The molecule has 0 spiro atoms. The number of hydrogen-bond donors (Lipinski definition) is 0. The Morgan fingerprint density at radius 1 is 0.514 bits per heavy atom. The van der Waals surface area contributed by atoms with Crippen molar-refractivity contribution in [3.05, 3.63) is 0 Å². The normalized spacial score (nSPS) is 18.2. The van der Waals surface area contributed by atoms with E-state index < -0.39 is 75.8 Å². The zero-order valence-corrected chi connectivity index (χ0v) is 18.4. The fraction of sp³-hybridized carbons (Fsp3) is 1.00. The SMILES string of the molecule is O=S(=O)([O-])C(F)C(F)(F)C(F)(F)C(F)(F)C(F)(F)C(F)(F)C(F)(F)C(F)(F)C(F)C(F)C(F)F.[Na+]. The van der Waals surface area contributed by atoms with Crippen LogP contribution in [0.5, 0.6) is 0 Å². The number of rotatable bonds is 11. The van der Waals surface area contributed by atoms with Crippen LogP contribution in [0, 0.1) is 0 Å². The van der Waals surface area contributed by atoms with Gasteiger partial charge in [-0.3, -0.25) is 0 Å². The monoisotopic (exact) mass is 600 g/mol. The van der Waals surface area contributed by atoms with E-state index in [2.05, 4.69) is 0 Å². The van der Waals surface area contributed by atoms with Crippen LogP contribution in [0.4, 0.5) is 83.4 Å². The van der Waals surface area contributed by atoms with E-state index in [1.165, 1.54) is 0 Å². The molecule has 3 nitrogen and oxygen atoms in total. The van der Waals surface area contributed by atoms with Crippen LogP contribution in [0.1, 0.15) is 0 Å². The second-order valence-corrected chi connectivity index (χ2v) is 7.51. The van der Waals surface area contributed by atoms with Crippen LogP contribution in [0.25, 0.3) is 0 Å². The summed E-state index contributed by atoms with van der Waals surface area (Å²) >= 11 is 0. The Balaban J connectivity index is 0. The van der Waals surface area contributed by atoms with Gasteiger partial charge in [0.15, 0.2) is 6.17 Å². The fourth-order valence-corrected chi connectivity index (χ4v) is 2.35. The standard InChI is InChI=1S/C11H5F19O3S.Na/c12-1(3(14)15)2(13)5(17,18)7(21,22)9(25,26)11(29,30)10(27,28)8(23,24)6(19,20)4(16)34(31,32)33;/h1-4H,(H,31,32,33);/q;+1/p-1. The third kappa shape index (κ3) is 5.29. The first-order chi connectivity index (χ1) is 14.4. The van der Waals surface area contributed by atoms with Gasteiger partial charge in [-0.15, -0.1) is 0 Å². The van der Waals surface area contributed by atoms with Crippen molar-refractivity contribution in [3.63, 3.8) is 0 Å². The second kappa shape index (κ2) is 10.0. The van der Waals surface area contributed by atoms with Gasteiger partial charge in [0, 0.05) is 0 Å². The predicted molar refractivity (Wildman–Crippen MR) is 65.0 cm³/mol. The van der Waals surface area contributed by atoms with Gasteiger partial charge in [-0.25, -0.2) is 30.4 Å². The van der Waals surface area contributed by atoms with Crippen molar-refractivity contribution in [2.75, 3.05) is 0 Å². The molecular formula is C11H4F19NaO3S. The second-order valence-electron chi connectivity index (χ2n) is 6.11. The Morgan fingerprint density at radius 2 is 0.771 bits per heavy atom. The molecule has 0 fully saturated rings. The van der Waals surface area contributed by atoms with Gasteiger partial charge in [0.05, 0.1) is 0 Å². The zero-order valence-electron chi connectivity index (χ0n) is 15.6. The molecule has 0 radical (unpaired) electrons. The molecule has 35 heavy (non-hydrogen) atoms. The summed E-state index contributed by atoms with van der Waals surface area (Å²) in [5.74, 6) is -59.7. The van der Waals surface area contributed by atoms with Crippen LogP contribution in [-0.4, -0.2) is 78.7 Å². The Labute approximate surface area is 202 Å². The van der Waals surface area contributed by atoms with Crippen molar-refractivity contribution >= 4 is 10.1 Å². The fourth-order valence-electron chi connectivity index (χ4n) is 1.83. The summed E-state index contributed by atoms with van der Waals surface area (Å²) in [6.07, 6.45) is -16.2. The predicted octanol–water partition coefficient (Wildman–Crippen LogP) is 2.22. The van der Waals surface area contributed by atoms with Crippen molar-refractivity contribution in [2.45, 2.75) is 65.7 Å². The van der Waals surface area contributed by atoms with E-state index in [4.69, 9.17) is 0 Å². The molecule has 0 saturated carbocycles. The quantitative estimate of drug-likeness (QED) is 0.208. The Morgan fingerprint density at radius 3 is 1.03 bits per heavy atom. The van der Waals surface area contributed by atoms with E-state index in [9.17, 15) is 96.4 Å². The van der Waals surface area contributed by atoms with Gasteiger partial charge in [0.25, 0.3) is 11.9 Å². The van der Waals surface area contributed by atoms with Crippen molar-refractivity contribution < 1.29 is 126 Å². The van der Waals surface area contributed by atoms with Crippen molar-refractivity contribution in [1.29, 1.82) is 0 Å². The minimum Gasteiger partial charge on any atom is -0.746 e. The summed E-state index contributed by atoms with van der Waals surface area (Å²) in [4.78, 5) is 0. The van der Waals surface area contributed by atoms with E-state index >= 15 is 0 Å². The molecule has 206 valence electrons. The van der Waals surface area contributed by atoms with E-state index in [0.29, 0.717) is 0 Å². The molecule has 0 aromatic carbocycles. The third-order valence-electron chi connectivity index (χ3n) is 3.82. The van der Waals surface area contributed by atoms with E-state index in [-0.39, 0.29) is 29.6 Å². The zero-order chi connectivity index (χ0) is 28.3. The van der Waals surface area contributed by atoms with E-state index in [1.807, 2.05) is 0 Å². The van der Waals surface area contributed by atoms with Crippen molar-refractivity contribution in [3.8, 4) is 0 Å². The van der Waals surface area contributed by atoms with Gasteiger partial charge in [0.1, 0.15) is 10.1 Å². The van der Waals surface area contributed by atoms with Crippen LogP contribution < -0.4 is 29.6 Å². The van der Waals surface area contributed by atoms with Crippen molar-refractivity contribution in [1.82, 2.24) is 0 Å². The first-order valence-electron chi connectivity index (χ1n) is 7.22. The topological polar surface area (TPSA) is 57.2 Å². The number of hydrogen-bond acceptors (Lipinski definition) is 3. The number of halogens is 19. The maximum absolute atomic E-state index is 13.4. The van der Waals surface area contributed by atoms with Crippen LogP contribution in [0.3, 0.4) is 0 Å². The summed E-state index contributed by atoms with van der Waals surface area (Å²) in [5, 5.41) is 0. The smallest absolute Gasteiger partial charge is 0.746 e. The van der Waals surface area contributed by atoms with Gasteiger partial charge in [0.2, 0.25) is 6.17 Å². The number of alkyl halides is 19. The minimum atomic E-state index is -8.97. The van der Waals surface area contributed by atoms with Gasteiger partial charge < -0.3 is 4.55 Å². The molecule has 0 N–H and O–H groups in total. The van der Waals surface area contributed by atoms with Gasteiger partial charge in [-0.2, -0.15) is 61.5 Å². The van der Waals surface area contributed by atoms with Gasteiger partial charge >= 0.3 is 71.0 Å². The molecular weight excluding hydrogens is 596 g/mol. The molecule has 3 atom stereocenters. The molecule has 0 aliphatic carbocycles. The third-order valence-corrected chi connectivity index (χ3v) is 4.62. The van der Waals surface area contributed by atoms with Crippen LogP contribution in [0.2, 0.25) is 0 Å². The van der Waals surface area contributed by atoms with Crippen LogP contribution in [0.15, 0.2) is 0 Å². The van der Waals surface area contributed by atoms with Crippen LogP contribution >= 0.6 is 0 Å². The Bertz CT molecular complexity index is 843. The van der Waals surface area contributed by atoms with E-state index in [0.717, 1.165) is 0 Å². The van der Waals surface area contributed by atoms with Gasteiger partial charge in [-0.05, 0) is 0 Å². The maximum atomic E-state index is 13.4. The molecule has 0 aromatic heterocycles. The summed E-state index contributed by atoms with van der Waals surface area (Å²) in [5.41, 5.74) is -6.15. The Kier molecular flexibility index (Phi) is 10.5. The van der Waals surface area contributed by atoms with E-state index in [1.54, 1.807) is 0 Å². The molecule has 0 amide bonds. The molecule has 0 aromatic rings. The van der Waals surface area contributed by atoms with Gasteiger partial charge in [-0.1, -0.05) is 0 Å². The molecule has 0 saturated heterocycles. The van der Waals surface area contributed by atoms with Crippen LogP contribution in [-0.2, 0) is 10.1 Å². The maximum Gasteiger partial charge on any atom is 1.00 e. The molecule has 0 rings (SSSR count). The molecule has 0 aliphatic rings. The Hall–Kier alpha value is -0.420. The first kappa shape index (κ1) is 36.7. The molecule has 3 unspecified atom stereocenters. The minimum absolute atomic E-state index is 0. The average molecular weight is 600 g/mol. The largest absolute Gasteiger partial charge is 1.00 e. The summed E-state index contributed by atoms with van der Waals surface area (Å²) in [6.45, 7) is 0. The molecule has 0 aliphatic heterocycles. The van der Waals surface area contributed by atoms with Crippen molar-refractivity contribution in [2.24, 2.45) is 0 Å². The summed E-state index contributed by atoms with van der Waals surface area (Å²) in [6, 6.07) is 0. The molecule has 0 bridgehead atoms. The molecule has 0 heterocycles. The first-order valence-corrected chi connectivity index (χ1v) is 8.69. The average Bonchev–Trinajstić information content (AvgIpc) is 2.63.